The molecule has 2 N–H and O–H groups in total. The summed E-state index contributed by atoms with van der Waals surface area (Å²) in [5.41, 5.74) is -0.730. The average molecular weight is 419 g/mol. The molecular weight excluding hydrogens is 397 g/mol. The second-order valence-electron chi connectivity index (χ2n) is 7.74. The molecule has 160 valence electrons. The van der Waals surface area contributed by atoms with Crippen molar-refractivity contribution in [2.24, 2.45) is 0 Å². The van der Waals surface area contributed by atoms with E-state index in [1.165, 1.54) is 41.1 Å². The van der Waals surface area contributed by atoms with Crippen molar-refractivity contribution in [3.05, 3.63) is 68.7 Å². The van der Waals surface area contributed by atoms with Gasteiger partial charge < -0.3 is 19.5 Å². The number of nitrogens with zero attached hydrogens (tertiary/aromatic N) is 1. The van der Waals surface area contributed by atoms with Gasteiger partial charge in [-0.15, -0.1) is 0 Å². The molecule has 4 atom stereocenters. The van der Waals surface area contributed by atoms with Crippen LogP contribution in [0.5, 0.6) is 0 Å². The fraction of sp³-hybridized carbons (Fsp3) is 0.450. The van der Waals surface area contributed by atoms with Gasteiger partial charge in [0, 0.05) is 24.4 Å². The van der Waals surface area contributed by atoms with Gasteiger partial charge in [0.05, 0.1) is 12.6 Å². The molecule has 1 aromatic heterocycles. The lowest BCUT2D eigenvalue weighted by Crippen LogP contribution is -2.54. The lowest BCUT2D eigenvalue weighted by atomic mass is 9.97. The third-order valence-electron chi connectivity index (χ3n) is 5.17. The zero-order chi connectivity index (χ0) is 21.5. The van der Waals surface area contributed by atoms with Gasteiger partial charge >= 0.3 is 5.69 Å². The van der Waals surface area contributed by atoms with Crippen LogP contribution in [-0.2, 0) is 14.2 Å². The van der Waals surface area contributed by atoms with Gasteiger partial charge in [-0.2, -0.15) is 0 Å². The van der Waals surface area contributed by atoms with Gasteiger partial charge in [0.1, 0.15) is 24.1 Å². The number of aromatic amines is 1. The van der Waals surface area contributed by atoms with Crippen LogP contribution in [0.15, 0.2) is 46.1 Å². The molecule has 1 aromatic carbocycles. The van der Waals surface area contributed by atoms with Crippen LogP contribution in [0.2, 0.25) is 0 Å². The highest BCUT2D eigenvalue weighted by Gasteiger charge is 2.52. The summed E-state index contributed by atoms with van der Waals surface area (Å²) >= 11 is 0. The molecule has 3 heterocycles. The predicted octanol–water partition coefficient (Wildman–Crippen LogP) is 0.566. The van der Waals surface area contributed by atoms with Gasteiger partial charge in [-0.1, -0.05) is 0 Å². The van der Waals surface area contributed by atoms with Crippen LogP contribution in [0.4, 0.5) is 4.39 Å². The number of carbonyl (C=O) groups excluding carboxylic acids is 1. The topological polar surface area (TPSA) is 112 Å². The molecule has 10 heteroatoms. The van der Waals surface area contributed by atoms with Crippen LogP contribution >= 0.6 is 0 Å². The largest absolute Gasteiger partial charge is 0.371 e. The third kappa shape index (κ3) is 4.07. The van der Waals surface area contributed by atoms with E-state index in [2.05, 4.69) is 10.3 Å². The van der Waals surface area contributed by atoms with E-state index in [1.807, 2.05) is 0 Å². The standard InChI is InChI=1S/C20H22FN3O6/c1-20(2)29-16-13(24-8-7-15(25)23-19(24)27)10-28-14(17(16)30-20)9-22-18(26)11-3-5-12(21)6-4-11/h3-8,13-14,16-17H,9-10H2,1-2H3,(H,22,26)(H,23,25,27)/t13-,14-,16+,17-/m1/s1. The van der Waals surface area contributed by atoms with E-state index in [-0.39, 0.29) is 19.1 Å². The van der Waals surface area contributed by atoms with Crippen LogP contribution in [0.3, 0.4) is 0 Å². The monoisotopic (exact) mass is 419 g/mol. The van der Waals surface area contributed by atoms with E-state index in [9.17, 15) is 18.8 Å². The number of hydrogen-bond donors (Lipinski definition) is 2. The summed E-state index contributed by atoms with van der Waals surface area (Å²) in [6.07, 6.45) is -0.190. The van der Waals surface area contributed by atoms with Gasteiger partial charge in [0.25, 0.3) is 11.5 Å². The molecule has 1 amide bonds. The van der Waals surface area contributed by atoms with E-state index in [0.29, 0.717) is 5.56 Å². The maximum atomic E-state index is 13.0. The number of nitrogens with one attached hydrogen (secondary N) is 2. The minimum Gasteiger partial charge on any atom is -0.371 e. The molecule has 2 aliphatic rings. The summed E-state index contributed by atoms with van der Waals surface area (Å²) in [7, 11) is 0. The Morgan fingerprint density at radius 2 is 1.90 bits per heavy atom. The number of fused-ring (bicyclic) bond motifs is 1. The normalized spacial score (nSPS) is 27.4. The second-order valence-corrected chi connectivity index (χ2v) is 7.74. The Bertz CT molecular complexity index is 1050. The number of ether oxygens (including phenoxy) is 3. The minimum absolute atomic E-state index is 0.129. The molecule has 0 unspecified atom stereocenters. The van der Waals surface area contributed by atoms with E-state index in [4.69, 9.17) is 14.2 Å². The molecule has 0 saturated carbocycles. The maximum Gasteiger partial charge on any atom is 0.328 e. The molecule has 0 radical (unpaired) electrons. The number of aromatic nitrogens is 2. The first-order valence-corrected chi connectivity index (χ1v) is 9.56. The van der Waals surface area contributed by atoms with E-state index < -0.39 is 47.2 Å². The Kier molecular flexibility index (Phi) is 5.31. The Balaban J connectivity index is 1.50. The minimum atomic E-state index is -0.910. The number of rotatable bonds is 4. The average Bonchev–Trinajstić information content (AvgIpc) is 3.02. The Morgan fingerprint density at radius 1 is 1.20 bits per heavy atom. The van der Waals surface area contributed by atoms with Crippen molar-refractivity contribution in [2.75, 3.05) is 13.2 Å². The third-order valence-corrected chi connectivity index (χ3v) is 5.17. The summed E-state index contributed by atoms with van der Waals surface area (Å²) < 4.78 is 32.3. The van der Waals surface area contributed by atoms with Crippen LogP contribution in [0, 0.1) is 5.82 Å². The molecule has 2 aromatic rings. The lowest BCUT2D eigenvalue weighted by Gasteiger charge is -2.37. The fourth-order valence-corrected chi connectivity index (χ4v) is 3.81. The van der Waals surface area contributed by atoms with Crippen LogP contribution in [0.1, 0.15) is 30.2 Å². The Hall–Kier alpha value is -2.82. The number of amides is 1. The Labute approximate surface area is 170 Å². The predicted molar refractivity (Wildman–Crippen MR) is 103 cm³/mol. The van der Waals surface area contributed by atoms with Crippen LogP contribution in [0.25, 0.3) is 0 Å². The smallest absolute Gasteiger partial charge is 0.328 e. The van der Waals surface area contributed by atoms with Crippen molar-refractivity contribution in [3.8, 4) is 0 Å². The molecule has 0 spiro atoms. The van der Waals surface area contributed by atoms with Crippen molar-refractivity contribution < 1.29 is 23.4 Å². The second kappa shape index (κ2) is 7.78. The quantitative estimate of drug-likeness (QED) is 0.749. The lowest BCUT2D eigenvalue weighted by molar-refractivity contribution is -0.153. The van der Waals surface area contributed by atoms with E-state index in [0.717, 1.165) is 0 Å². The maximum absolute atomic E-state index is 13.0. The Morgan fingerprint density at radius 3 is 2.60 bits per heavy atom. The zero-order valence-electron chi connectivity index (χ0n) is 16.5. The first-order valence-electron chi connectivity index (χ1n) is 9.56. The fourth-order valence-electron chi connectivity index (χ4n) is 3.81. The number of benzene rings is 1. The first kappa shape index (κ1) is 20.5. The van der Waals surface area contributed by atoms with Crippen molar-refractivity contribution in [2.45, 2.75) is 44.0 Å². The highest BCUT2D eigenvalue weighted by atomic mass is 19.1. The van der Waals surface area contributed by atoms with Crippen LogP contribution < -0.4 is 16.6 Å². The highest BCUT2D eigenvalue weighted by molar-refractivity contribution is 5.94. The van der Waals surface area contributed by atoms with Crippen molar-refractivity contribution in [1.82, 2.24) is 14.9 Å². The number of carbonyl (C=O) groups is 1. The number of hydrogen-bond acceptors (Lipinski definition) is 6. The molecule has 2 aliphatic heterocycles. The van der Waals surface area contributed by atoms with E-state index >= 15 is 0 Å². The summed E-state index contributed by atoms with van der Waals surface area (Å²) in [4.78, 5) is 38.2. The molecule has 0 bridgehead atoms. The zero-order valence-corrected chi connectivity index (χ0v) is 16.5. The van der Waals surface area contributed by atoms with Crippen molar-refractivity contribution in [3.63, 3.8) is 0 Å². The highest BCUT2D eigenvalue weighted by Crippen LogP contribution is 2.39. The van der Waals surface area contributed by atoms with E-state index in [1.54, 1.807) is 13.8 Å². The molecule has 2 fully saturated rings. The van der Waals surface area contributed by atoms with Crippen molar-refractivity contribution >= 4 is 5.91 Å². The molecule has 4 rings (SSSR count). The van der Waals surface area contributed by atoms with Gasteiger partial charge in [-0.25, -0.2) is 9.18 Å². The summed E-state index contributed by atoms with van der Waals surface area (Å²) in [6.45, 7) is 3.78. The first-order chi connectivity index (χ1) is 14.2. The molecule has 2 saturated heterocycles. The van der Waals surface area contributed by atoms with Gasteiger partial charge in [-0.3, -0.25) is 19.1 Å². The number of H-pyrrole nitrogens is 1. The molecule has 30 heavy (non-hydrogen) atoms. The van der Waals surface area contributed by atoms with Crippen LogP contribution in [-0.4, -0.2) is 52.7 Å². The summed E-state index contributed by atoms with van der Waals surface area (Å²) in [5.74, 6) is -1.70. The van der Waals surface area contributed by atoms with Crippen molar-refractivity contribution in [1.29, 1.82) is 0 Å². The number of halogens is 1. The molecule has 9 nitrogen and oxygen atoms in total. The SMILES string of the molecule is CC1(C)O[C@@H]2[C@H](O1)[C@@H](CNC(=O)c1ccc(F)cc1)OC[C@H]2n1ccc(=O)[nH]c1=O. The summed E-state index contributed by atoms with van der Waals surface area (Å²) in [5, 5.41) is 2.76. The van der Waals surface area contributed by atoms with Gasteiger partial charge in [-0.05, 0) is 38.1 Å². The summed E-state index contributed by atoms with van der Waals surface area (Å²) in [6, 6.07) is 5.96. The van der Waals surface area contributed by atoms with Gasteiger partial charge in [0.15, 0.2) is 5.79 Å². The molecular formula is C20H22FN3O6. The van der Waals surface area contributed by atoms with Gasteiger partial charge in [0.2, 0.25) is 0 Å². The molecule has 0 aliphatic carbocycles.